The van der Waals surface area contributed by atoms with E-state index < -0.39 is 12.0 Å². The number of carboxylic acid groups (broad SMARTS) is 1. The Balaban J connectivity index is 2.15. The van der Waals surface area contributed by atoms with Gasteiger partial charge in [-0.25, -0.2) is 4.79 Å². The van der Waals surface area contributed by atoms with E-state index in [1.165, 1.54) is 0 Å². The third kappa shape index (κ3) is 2.02. The van der Waals surface area contributed by atoms with Crippen molar-refractivity contribution < 1.29 is 9.90 Å². The Kier molecular flexibility index (Phi) is 3.03. The van der Waals surface area contributed by atoms with Crippen LogP contribution in [0.1, 0.15) is 12.8 Å². The van der Waals surface area contributed by atoms with Crippen molar-refractivity contribution in [3.05, 3.63) is 35.5 Å². The number of hydrogen-bond acceptors (Lipinski definition) is 3. The monoisotopic (exact) mass is 276 g/mol. The molecule has 3 rings (SSSR count). The smallest absolute Gasteiger partial charge is 0.326 e. The molecule has 1 aromatic heterocycles. The summed E-state index contributed by atoms with van der Waals surface area (Å²) in [5.74, 6) is -0.774. The minimum Gasteiger partial charge on any atom is -0.480 e. The highest BCUT2D eigenvalue weighted by Gasteiger charge is 2.31. The van der Waals surface area contributed by atoms with Crippen LogP contribution >= 0.6 is 11.6 Å². The number of carboxylic acids is 1. The summed E-state index contributed by atoms with van der Waals surface area (Å²) >= 11 is 6.14. The van der Waals surface area contributed by atoms with Gasteiger partial charge in [-0.15, -0.1) is 0 Å². The molecule has 0 unspecified atom stereocenters. The van der Waals surface area contributed by atoms with Crippen LogP contribution in [0, 0.1) is 0 Å². The molecule has 1 N–H and O–H groups in total. The van der Waals surface area contributed by atoms with Gasteiger partial charge >= 0.3 is 5.97 Å². The molecule has 19 heavy (non-hydrogen) atoms. The molecule has 0 bridgehead atoms. The Morgan fingerprint density at radius 1 is 1.42 bits per heavy atom. The molecule has 0 saturated carbocycles. The molecule has 0 spiro atoms. The summed E-state index contributed by atoms with van der Waals surface area (Å²) in [7, 11) is 0. The van der Waals surface area contributed by atoms with E-state index in [0.29, 0.717) is 11.4 Å². The van der Waals surface area contributed by atoms with Gasteiger partial charge in [-0.1, -0.05) is 23.7 Å². The predicted octanol–water partition coefficient (Wildman–Crippen LogP) is 2.94. The molecule has 4 nitrogen and oxygen atoms in total. The lowest BCUT2D eigenvalue weighted by Crippen LogP contribution is -2.36. The second-order valence-corrected chi connectivity index (χ2v) is 5.06. The number of carbonyl (C=O) groups is 1. The molecule has 0 aliphatic carbocycles. The number of benzene rings is 1. The summed E-state index contributed by atoms with van der Waals surface area (Å²) in [4.78, 5) is 17.5. The van der Waals surface area contributed by atoms with Gasteiger partial charge in [-0.3, -0.25) is 4.98 Å². The van der Waals surface area contributed by atoms with E-state index in [4.69, 9.17) is 11.6 Å². The van der Waals surface area contributed by atoms with Crippen LogP contribution in [0.5, 0.6) is 0 Å². The van der Waals surface area contributed by atoms with Gasteiger partial charge in [0.15, 0.2) is 0 Å². The number of rotatable bonds is 2. The number of aromatic nitrogens is 1. The van der Waals surface area contributed by atoms with Crippen molar-refractivity contribution in [2.75, 3.05) is 11.4 Å². The average molecular weight is 277 g/mol. The molecule has 1 aromatic carbocycles. The fraction of sp³-hybridized carbons (Fsp3) is 0.286. The summed E-state index contributed by atoms with van der Waals surface area (Å²) in [5.41, 5.74) is 1.62. The number of anilines is 1. The van der Waals surface area contributed by atoms with Gasteiger partial charge in [-0.2, -0.15) is 0 Å². The first-order valence-electron chi connectivity index (χ1n) is 6.21. The molecule has 1 saturated heterocycles. The Morgan fingerprint density at radius 2 is 2.26 bits per heavy atom. The zero-order valence-electron chi connectivity index (χ0n) is 10.2. The SMILES string of the molecule is O=C(O)[C@@H]1CCCN1c1ccnc2c(Cl)cccc12. The number of aliphatic carboxylic acids is 1. The van der Waals surface area contributed by atoms with Gasteiger partial charge in [0, 0.05) is 23.8 Å². The van der Waals surface area contributed by atoms with Crippen molar-refractivity contribution in [2.24, 2.45) is 0 Å². The fourth-order valence-corrected chi connectivity index (χ4v) is 2.91. The molecular weight excluding hydrogens is 264 g/mol. The standard InChI is InChI=1S/C14H13ClN2O2/c15-10-4-1-3-9-11(6-7-16-13(9)10)17-8-2-5-12(17)14(18)19/h1,3-4,6-7,12H,2,5,8H2,(H,18,19)/t12-/m0/s1. The third-order valence-corrected chi connectivity index (χ3v) is 3.85. The topological polar surface area (TPSA) is 53.4 Å². The third-order valence-electron chi connectivity index (χ3n) is 3.55. The molecule has 2 aromatic rings. The number of para-hydroxylation sites is 1. The van der Waals surface area contributed by atoms with Crippen LogP contribution in [-0.4, -0.2) is 28.6 Å². The zero-order valence-corrected chi connectivity index (χ0v) is 11.0. The van der Waals surface area contributed by atoms with Crippen molar-refractivity contribution in [1.82, 2.24) is 4.98 Å². The number of hydrogen-bond donors (Lipinski definition) is 1. The predicted molar refractivity (Wildman–Crippen MR) is 74.8 cm³/mol. The second-order valence-electron chi connectivity index (χ2n) is 4.66. The van der Waals surface area contributed by atoms with Crippen molar-refractivity contribution in [2.45, 2.75) is 18.9 Å². The van der Waals surface area contributed by atoms with Gasteiger partial charge in [0.05, 0.1) is 10.5 Å². The van der Waals surface area contributed by atoms with E-state index in [1.54, 1.807) is 12.3 Å². The van der Waals surface area contributed by atoms with Crippen molar-refractivity contribution >= 4 is 34.2 Å². The first-order valence-corrected chi connectivity index (χ1v) is 6.59. The summed E-state index contributed by atoms with van der Waals surface area (Å²) in [6, 6.07) is 6.99. The van der Waals surface area contributed by atoms with Crippen LogP contribution in [0.25, 0.3) is 10.9 Å². The normalized spacial score (nSPS) is 19.0. The van der Waals surface area contributed by atoms with Crippen LogP contribution in [-0.2, 0) is 4.79 Å². The maximum atomic E-state index is 11.3. The van der Waals surface area contributed by atoms with Gasteiger partial charge in [-0.05, 0) is 25.0 Å². The lowest BCUT2D eigenvalue weighted by molar-refractivity contribution is -0.138. The van der Waals surface area contributed by atoms with E-state index in [9.17, 15) is 9.90 Å². The molecule has 1 atom stereocenters. The molecular formula is C14H13ClN2O2. The highest BCUT2D eigenvalue weighted by molar-refractivity contribution is 6.35. The Hall–Kier alpha value is -1.81. The van der Waals surface area contributed by atoms with E-state index in [0.717, 1.165) is 29.6 Å². The molecule has 1 aliphatic rings. The summed E-state index contributed by atoms with van der Waals surface area (Å²) in [6.07, 6.45) is 3.25. The van der Waals surface area contributed by atoms with E-state index in [1.807, 2.05) is 23.1 Å². The van der Waals surface area contributed by atoms with Crippen LogP contribution < -0.4 is 4.90 Å². The Morgan fingerprint density at radius 3 is 3.05 bits per heavy atom. The van der Waals surface area contributed by atoms with Crippen molar-refractivity contribution in [1.29, 1.82) is 0 Å². The molecule has 0 radical (unpaired) electrons. The zero-order chi connectivity index (χ0) is 13.4. The molecule has 1 fully saturated rings. The Labute approximate surface area is 115 Å². The maximum absolute atomic E-state index is 11.3. The van der Waals surface area contributed by atoms with E-state index >= 15 is 0 Å². The molecule has 0 amide bonds. The Bertz CT molecular complexity index is 644. The fourth-order valence-electron chi connectivity index (χ4n) is 2.69. The quantitative estimate of drug-likeness (QED) is 0.916. The highest BCUT2D eigenvalue weighted by Crippen LogP contribution is 2.33. The molecule has 98 valence electrons. The van der Waals surface area contributed by atoms with Crippen LogP contribution in [0.4, 0.5) is 5.69 Å². The minimum absolute atomic E-state index is 0.454. The summed E-state index contributed by atoms with van der Waals surface area (Å²) in [5, 5.41) is 10.8. The van der Waals surface area contributed by atoms with Gasteiger partial charge < -0.3 is 10.0 Å². The molecule has 1 aliphatic heterocycles. The van der Waals surface area contributed by atoms with E-state index in [-0.39, 0.29) is 0 Å². The largest absolute Gasteiger partial charge is 0.480 e. The van der Waals surface area contributed by atoms with Crippen LogP contribution in [0.2, 0.25) is 5.02 Å². The van der Waals surface area contributed by atoms with E-state index in [2.05, 4.69) is 4.98 Å². The van der Waals surface area contributed by atoms with Crippen molar-refractivity contribution in [3.63, 3.8) is 0 Å². The molecule has 2 heterocycles. The maximum Gasteiger partial charge on any atom is 0.326 e. The number of fused-ring (bicyclic) bond motifs is 1. The number of halogens is 1. The second kappa shape index (κ2) is 4.70. The summed E-state index contributed by atoms with van der Waals surface area (Å²) in [6.45, 7) is 0.753. The number of pyridine rings is 1. The van der Waals surface area contributed by atoms with Crippen molar-refractivity contribution in [3.8, 4) is 0 Å². The van der Waals surface area contributed by atoms with Gasteiger partial charge in [0.2, 0.25) is 0 Å². The molecule has 5 heteroatoms. The minimum atomic E-state index is -0.774. The lowest BCUT2D eigenvalue weighted by Gasteiger charge is -2.25. The summed E-state index contributed by atoms with van der Waals surface area (Å²) < 4.78 is 0. The first-order chi connectivity index (χ1) is 9.18. The lowest BCUT2D eigenvalue weighted by atomic mass is 10.1. The average Bonchev–Trinajstić information content (AvgIpc) is 2.88. The highest BCUT2D eigenvalue weighted by atomic mass is 35.5. The van der Waals surface area contributed by atoms with Crippen LogP contribution in [0.3, 0.4) is 0 Å². The number of nitrogens with zero attached hydrogens (tertiary/aromatic N) is 2. The first kappa shape index (κ1) is 12.2. The van der Waals surface area contributed by atoms with Gasteiger partial charge in [0.1, 0.15) is 6.04 Å². The van der Waals surface area contributed by atoms with Crippen LogP contribution in [0.15, 0.2) is 30.5 Å². The van der Waals surface area contributed by atoms with Gasteiger partial charge in [0.25, 0.3) is 0 Å².